The van der Waals surface area contributed by atoms with Crippen LogP contribution in [0.15, 0.2) is 17.2 Å². The van der Waals surface area contributed by atoms with Gasteiger partial charge in [0, 0.05) is 12.6 Å². The highest BCUT2D eigenvalue weighted by Gasteiger charge is 2.16. The van der Waals surface area contributed by atoms with Gasteiger partial charge in [0.15, 0.2) is 0 Å². The fraction of sp³-hybridized carbons (Fsp3) is 0.556. The van der Waals surface area contributed by atoms with Crippen LogP contribution in [0.3, 0.4) is 0 Å². The van der Waals surface area contributed by atoms with Gasteiger partial charge in [-0.3, -0.25) is 14.7 Å². The summed E-state index contributed by atoms with van der Waals surface area (Å²) in [5.74, 6) is 0. The predicted octanol–water partition coefficient (Wildman–Crippen LogP) is -0.0965. The van der Waals surface area contributed by atoms with Gasteiger partial charge in [0.05, 0.1) is 11.1 Å². The Hall–Kier alpha value is -1.76. The number of nitro groups is 1. The third-order valence-corrected chi connectivity index (χ3v) is 2.63. The van der Waals surface area contributed by atoms with E-state index >= 15 is 0 Å². The molecule has 0 saturated carbocycles. The van der Waals surface area contributed by atoms with E-state index in [2.05, 4.69) is 10.3 Å². The van der Waals surface area contributed by atoms with Gasteiger partial charge in [-0.2, -0.15) is 4.98 Å². The molecule has 16 heavy (non-hydrogen) atoms. The van der Waals surface area contributed by atoms with Crippen molar-refractivity contribution >= 4 is 5.69 Å². The van der Waals surface area contributed by atoms with Crippen LogP contribution in [-0.4, -0.2) is 27.1 Å². The molecule has 0 spiro atoms. The second kappa shape index (κ2) is 4.40. The van der Waals surface area contributed by atoms with Gasteiger partial charge in [0.25, 0.3) is 0 Å². The minimum Gasteiger partial charge on any atom is -0.312 e. The molecule has 1 aliphatic rings. The minimum atomic E-state index is -0.551. The molecular formula is C9H12N4O3. The monoisotopic (exact) mass is 224 g/mol. The van der Waals surface area contributed by atoms with Crippen molar-refractivity contribution in [2.45, 2.75) is 25.4 Å². The Kier molecular flexibility index (Phi) is 2.95. The molecule has 2 rings (SSSR count). The lowest BCUT2D eigenvalue weighted by molar-refractivity contribution is -0.385. The highest BCUT2D eigenvalue weighted by atomic mass is 16.6. The largest absolute Gasteiger partial charge is 0.348 e. The number of rotatable bonds is 3. The summed E-state index contributed by atoms with van der Waals surface area (Å²) in [6, 6.07) is 0.210. The second-order valence-corrected chi connectivity index (χ2v) is 3.80. The lowest BCUT2D eigenvalue weighted by Crippen LogP contribution is -2.33. The van der Waals surface area contributed by atoms with Gasteiger partial charge < -0.3 is 5.32 Å². The van der Waals surface area contributed by atoms with Crippen LogP contribution in [0, 0.1) is 10.1 Å². The first-order valence-electron chi connectivity index (χ1n) is 5.11. The van der Waals surface area contributed by atoms with E-state index < -0.39 is 10.6 Å². The zero-order chi connectivity index (χ0) is 11.5. The number of hydrogen-bond donors (Lipinski definition) is 1. The number of hydrogen-bond acceptors (Lipinski definition) is 5. The van der Waals surface area contributed by atoms with E-state index in [-0.39, 0.29) is 11.7 Å². The summed E-state index contributed by atoms with van der Waals surface area (Å²) in [4.78, 5) is 24.8. The van der Waals surface area contributed by atoms with Gasteiger partial charge in [-0.15, -0.1) is 0 Å². The van der Waals surface area contributed by atoms with E-state index in [0.29, 0.717) is 6.54 Å². The Labute approximate surface area is 91.3 Å². The first-order valence-corrected chi connectivity index (χ1v) is 5.11. The van der Waals surface area contributed by atoms with Gasteiger partial charge in [-0.05, 0) is 19.4 Å². The molecule has 0 bridgehead atoms. The quantitative estimate of drug-likeness (QED) is 0.572. The van der Waals surface area contributed by atoms with Crippen molar-refractivity contribution in [2.75, 3.05) is 6.54 Å². The predicted molar refractivity (Wildman–Crippen MR) is 56.2 cm³/mol. The Bertz CT molecular complexity index is 450. The second-order valence-electron chi connectivity index (χ2n) is 3.80. The van der Waals surface area contributed by atoms with Crippen LogP contribution in [0.5, 0.6) is 0 Å². The molecule has 1 aliphatic heterocycles. The number of nitrogens with one attached hydrogen (secondary N) is 1. The van der Waals surface area contributed by atoms with Gasteiger partial charge in [0.1, 0.15) is 6.20 Å². The maximum Gasteiger partial charge on any atom is 0.348 e. The van der Waals surface area contributed by atoms with Gasteiger partial charge in [-0.25, -0.2) is 4.79 Å². The zero-order valence-corrected chi connectivity index (χ0v) is 8.63. The fourth-order valence-corrected chi connectivity index (χ4v) is 1.82. The maximum absolute atomic E-state index is 11.4. The molecule has 1 atom stereocenters. The smallest absolute Gasteiger partial charge is 0.312 e. The molecule has 0 amide bonds. The average molecular weight is 224 g/mol. The summed E-state index contributed by atoms with van der Waals surface area (Å²) < 4.78 is 1.29. The molecule has 7 nitrogen and oxygen atoms in total. The summed E-state index contributed by atoms with van der Waals surface area (Å²) in [6.45, 7) is 1.37. The van der Waals surface area contributed by atoms with Gasteiger partial charge in [-0.1, -0.05) is 0 Å². The van der Waals surface area contributed by atoms with E-state index in [9.17, 15) is 14.9 Å². The van der Waals surface area contributed by atoms with Gasteiger partial charge >= 0.3 is 11.4 Å². The molecule has 0 aromatic carbocycles. The molecular weight excluding hydrogens is 212 g/mol. The lowest BCUT2D eigenvalue weighted by atomic mass is 10.2. The first-order chi connectivity index (χ1) is 7.66. The number of aromatic nitrogens is 2. The molecule has 0 aliphatic carbocycles. The summed E-state index contributed by atoms with van der Waals surface area (Å²) in [5.41, 5.74) is -0.600. The highest BCUT2D eigenvalue weighted by Crippen LogP contribution is 2.09. The van der Waals surface area contributed by atoms with Crippen molar-refractivity contribution in [1.82, 2.24) is 14.9 Å². The molecule has 1 saturated heterocycles. The minimum absolute atomic E-state index is 0.155. The lowest BCUT2D eigenvalue weighted by Gasteiger charge is -2.10. The van der Waals surface area contributed by atoms with Crippen molar-refractivity contribution in [3.8, 4) is 0 Å². The van der Waals surface area contributed by atoms with Crippen LogP contribution in [0.2, 0.25) is 0 Å². The maximum atomic E-state index is 11.4. The van der Waals surface area contributed by atoms with Crippen LogP contribution in [0.4, 0.5) is 5.69 Å². The molecule has 0 unspecified atom stereocenters. The Morgan fingerprint density at radius 1 is 1.69 bits per heavy atom. The Morgan fingerprint density at radius 2 is 2.50 bits per heavy atom. The number of nitrogens with zero attached hydrogens (tertiary/aromatic N) is 3. The molecule has 1 aromatic rings. The van der Waals surface area contributed by atoms with E-state index in [4.69, 9.17) is 0 Å². The molecule has 2 heterocycles. The van der Waals surface area contributed by atoms with Crippen molar-refractivity contribution in [2.24, 2.45) is 0 Å². The van der Waals surface area contributed by atoms with Crippen LogP contribution < -0.4 is 11.0 Å². The van der Waals surface area contributed by atoms with E-state index in [0.717, 1.165) is 25.6 Å². The van der Waals surface area contributed by atoms with E-state index in [1.165, 1.54) is 10.8 Å². The van der Waals surface area contributed by atoms with Crippen molar-refractivity contribution in [3.05, 3.63) is 33.0 Å². The summed E-state index contributed by atoms with van der Waals surface area (Å²) >= 11 is 0. The fourth-order valence-electron chi connectivity index (χ4n) is 1.82. The van der Waals surface area contributed by atoms with Crippen LogP contribution in [0.1, 0.15) is 12.8 Å². The molecule has 0 radical (unpaired) electrons. The zero-order valence-electron chi connectivity index (χ0n) is 8.63. The normalized spacial score (nSPS) is 19.9. The molecule has 1 fully saturated rings. The average Bonchev–Trinajstić information content (AvgIpc) is 2.73. The topological polar surface area (TPSA) is 90.1 Å². The molecule has 7 heteroatoms. The van der Waals surface area contributed by atoms with Crippen LogP contribution >= 0.6 is 0 Å². The third kappa shape index (κ3) is 2.25. The standard InChI is InChI=1S/C9H12N4O3/c14-9-11-4-8(13(15)16)6-12(9)5-7-2-1-3-10-7/h4,6-7,10H,1-3,5H2/t7-/m0/s1. The SMILES string of the molecule is O=c1ncc([N+](=O)[O-])cn1C[C@@H]1CCCN1. The van der Waals surface area contributed by atoms with Crippen molar-refractivity contribution in [1.29, 1.82) is 0 Å². The Morgan fingerprint density at radius 3 is 3.12 bits per heavy atom. The van der Waals surface area contributed by atoms with Gasteiger partial charge in [0.2, 0.25) is 0 Å². The highest BCUT2D eigenvalue weighted by molar-refractivity contribution is 5.20. The van der Waals surface area contributed by atoms with E-state index in [1.54, 1.807) is 0 Å². The van der Waals surface area contributed by atoms with Crippen molar-refractivity contribution in [3.63, 3.8) is 0 Å². The van der Waals surface area contributed by atoms with E-state index in [1.807, 2.05) is 0 Å². The summed E-state index contributed by atoms with van der Waals surface area (Å²) in [6.07, 6.45) is 4.28. The summed E-state index contributed by atoms with van der Waals surface area (Å²) in [5, 5.41) is 13.8. The first kappa shape index (κ1) is 10.7. The molecule has 86 valence electrons. The Balaban J connectivity index is 2.21. The molecule has 1 N–H and O–H groups in total. The third-order valence-electron chi connectivity index (χ3n) is 2.63. The summed E-state index contributed by atoms with van der Waals surface area (Å²) in [7, 11) is 0. The van der Waals surface area contributed by atoms with Crippen LogP contribution in [-0.2, 0) is 6.54 Å². The molecule has 1 aromatic heterocycles. The van der Waals surface area contributed by atoms with Crippen LogP contribution in [0.25, 0.3) is 0 Å². The van der Waals surface area contributed by atoms with Crippen molar-refractivity contribution < 1.29 is 4.92 Å².